The molecule has 0 aliphatic heterocycles. The van der Waals surface area contributed by atoms with Crippen molar-refractivity contribution < 1.29 is 24.2 Å². The predicted octanol–water partition coefficient (Wildman–Crippen LogP) is 3.59. The molecule has 2 rings (SSSR count). The molecule has 1 atom stereocenters. The molecule has 0 bridgehead atoms. The van der Waals surface area contributed by atoms with Gasteiger partial charge in [-0.3, -0.25) is 4.79 Å². The number of carboxylic acids is 1. The minimum atomic E-state index is -1.17. The maximum Gasteiger partial charge on any atom is 0.330 e. The van der Waals surface area contributed by atoms with Crippen molar-refractivity contribution in [2.75, 3.05) is 13.7 Å². The molecule has 27 heavy (non-hydrogen) atoms. The van der Waals surface area contributed by atoms with Gasteiger partial charge < -0.3 is 19.9 Å². The van der Waals surface area contributed by atoms with E-state index in [-0.39, 0.29) is 17.4 Å². The lowest BCUT2D eigenvalue weighted by Gasteiger charge is -2.16. The number of ether oxygens (including phenoxy) is 2. The second-order valence-corrected chi connectivity index (χ2v) is 6.28. The summed E-state index contributed by atoms with van der Waals surface area (Å²) >= 11 is 6.04. The van der Waals surface area contributed by atoms with E-state index in [4.69, 9.17) is 21.1 Å². The highest BCUT2D eigenvalue weighted by atomic mass is 35.5. The summed E-state index contributed by atoms with van der Waals surface area (Å²) in [6.45, 7) is 0.888. The van der Waals surface area contributed by atoms with E-state index in [0.29, 0.717) is 30.9 Å². The Kier molecular flexibility index (Phi) is 8.10. The SMILES string of the molecule is COc1ccc(C(NC(=O)CCCOCc2ccccc2)C(=O)O)cc1Cl. The fourth-order valence-electron chi connectivity index (χ4n) is 2.48. The van der Waals surface area contributed by atoms with Gasteiger partial charge in [0.25, 0.3) is 0 Å². The van der Waals surface area contributed by atoms with E-state index in [0.717, 1.165) is 5.56 Å². The highest BCUT2D eigenvalue weighted by molar-refractivity contribution is 6.32. The van der Waals surface area contributed by atoms with Gasteiger partial charge in [0.05, 0.1) is 18.7 Å². The second kappa shape index (κ2) is 10.5. The molecule has 0 saturated carbocycles. The van der Waals surface area contributed by atoms with Crippen molar-refractivity contribution in [2.45, 2.75) is 25.5 Å². The average molecular weight is 392 g/mol. The van der Waals surface area contributed by atoms with Crippen molar-refractivity contribution in [1.82, 2.24) is 5.32 Å². The summed E-state index contributed by atoms with van der Waals surface area (Å²) in [4.78, 5) is 23.6. The van der Waals surface area contributed by atoms with Crippen molar-refractivity contribution in [1.29, 1.82) is 0 Å². The summed E-state index contributed by atoms with van der Waals surface area (Å²) < 4.78 is 10.6. The van der Waals surface area contributed by atoms with Gasteiger partial charge in [0.15, 0.2) is 6.04 Å². The second-order valence-electron chi connectivity index (χ2n) is 5.87. The Morgan fingerprint density at radius 1 is 1.19 bits per heavy atom. The number of hydrogen-bond acceptors (Lipinski definition) is 4. The van der Waals surface area contributed by atoms with Crippen molar-refractivity contribution in [3.8, 4) is 5.75 Å². The number of amides is 1. The van der Waals surface area contributed by atoms with Gasteiger partial charge in [0.2, 0.25) is 5.91 Å². The van der Waals surface area contributed by atoms with Gasteiger partial charge in [0.1, 0.15) is 5.75 Å². The van der Waals surface area contributed by atoms with E-state index in [1.165, 1.54) is 13.2 Å². The van der Waals surface area contributed by atoms with E-state index in [1.807, 2.05) is 30.3 Å². The van der Waals surface area contributed by atoms with Gasteiger partial charge in [-0.2, -0.15) is 0 Å². The molecule has 7 heteroatoms. The number of carboxylic acid groups (broad SMARTS) is 1. The zero-order valence-electron chi connectivity index (χ0n) is 15.0. The highest BCUT2D eigenvalue weighted by Crippen LogP contribution is 2.27. The zero-order chi connectivity index (χ0) is 19.6. The Morgan fingerprint density at radius 3 is 2.56 bits per heavy atom. The van der Waals surface area contributed by atoms with Crippen LogP contribution in [-0.4, -0.2) is 30.7 Å². The number of benzene rings is 2. The van der Waals surface area contributed by atoms with E-state index in [1.54, 1.807) is 12.1 Å². The van der Waals surface area contributed by atoms with Crippen LogP contribution in [0.5, 0.6) is 5.75 Å². The summed E-state index contributed by atoms with van der Waals surface area (Å²) in [6.07, 6.45) is 0.664. The van der Waals surface area contributed by atoms with Crippen LogP contribution in [0.1, 0.15) is 30.0 Å². The molecule has 0 radical (unpaired) electrons. The number of aliphatic carboxylic acids is 1. The van der Waals surface area contributed by atoms with Crippen LogP contribution >= 0.6 is 11.6 Å². The van der Waals surface area contributed by atoms with E-state index >= 15 is 0 Å². The van der Waals surface area contributed by atoms with Gasteiger partial charge in [-0.05, 0) is 29.7 Å². The molecule has 0 fully saturated rings. The first-order valence-electron chi connectivity index (χ1n) is 8.48. The van der Waals surface area contributed by atoms with Crippen LogP contribution < -0.4 is 10.1 Å². The Morgan fingerprint density at radius 2 is 1.93 bits per heavy atom. The molecule has 0 aromatic heterocycles. The summed E-state index contributed by atoms with van der Waals surface area (Å²) in [5, 5.41) is 12.2. The van der Waals surface area contributed by atoms with Gasteiger partial charge in [-0.25, -0.2) is 4.79 Å². The largest absolute Gasteiger partial charge is 0.495 e. The quantitative estimate of drug-likeness (QED) is 0.604. The first kappa shape index (κ1) is 20.7. The Bertz CT molecular complexity index is 766. The average Bonchev–Trinajstić information content (AvgIpc) is 2.66. The van der Waals surface area contributed by atoms with Gasteiger partial charge in [-0.15, -0.1) is 0 Å². The lowest BCUT2D eigenvalue weighted by molar-refractivity contribution is -0.142. The number of rotatable bonds is 10. The molecule has 2 N–H and O–H groups in total. The number of hydrogen-bond donors (Lipinski definition) is 2. The highest BCUT2D eigenvalue weighted by Gasteiger charge is 2.22. The number of halogens is 1. The van der Waals surface area contributed by atoms with Crippen LogP contribution in [-0.2, 0) is 20.9 Å². The number of carbonyl (C=O) groups excluding carboxylic acids is 1. The van der Waals surface area contributed by atoms with Crippen LogP contribution in [0.2, 0.25) is 5.02 Å². The first-order chi connectivity index (χ1) is 13.0. The van der Waals surface area contributed by atoms with E-state index in [2.05, 4.69) is 5.32 Å². The molecular weight excluding hydrogens is 370 g/mol. The van der Waals surface area contributed by atoms with Crippen LogP contribution in [0.4, 0.5) is 0 Å². The van der Waals surface area contributed by atoms with Crippen LogP contribution in [0.25, 0.3) is 0 Å². The molecule has 1 unspecified atom stereocenters. The van der Waals surface area contributed by atoms with E-state index in [9.17, 15) is 14.7 Å². The molecule has 0 aliphatic carbocycles. The molecule has 2 aromatic rings. The first-order valence-corrected chi connectivity index (χ1v) is 8.86. The lowest BCUT2D eigenvalue weighted by atomic mass is 10.1. The maximum atomic E-state index is 12.1. The number of nitrogens with one attached hydrogen (secondary N) is 1. The summed E-state index contributed by atoms with van der Waals surface area (Å²) in [6, 6.07) is 13.2. The van der Waals surface area contributed by atoms with Crippen molar-refractivity contribution >= 4 is 23.5 Å². The van der Waals surface area contributed by atoms with Gasteiger partial charge in [-0.1, -0.05) is 48.0 Å². The van der Waals surface area contributed by atoms with Crippen molar-refractivity contribution in [2.24, 2.45) is 0 Å². The minimum absolute atomic E-state index is 0.169. The lowest BCUT2D eigenvalue weighted by Crippen LogP contribution is -2.33. The molecule has 0 saturated heterocycles. The molecule has 6 nitrogen and oxygen atoms in total. The Hall–Kier alpha value is -2.57. The van der Waals surface area contributed by atoms with E-state index < -0.39 is 12.0 Å². The molecule has 0 spiro atoms. The van der Waals surface area contributed by atoms with Crippen LogP contribution in [0.15, 0.2) is 48.5 Å². The molecule has 0 aliphatic rings. The van der Waals surface area contributed by atoms with Gasteiger partial charge in [0, 0.05) is 13.0 Å². The third-order valence-corrected chi connectivity index (χ3v) is 4.16. The summed E-state index contributed by atoms with van der Waals surface area (Å²) in [5.41, 5.74) is 1.44. The molecule has 144 valence electrons. The van der Waals surface area contributed by atoms with Crippen LogP contribution in [0.3, 0.4) is 0 Å². The standard InChI is InChI=1S/C20H22ClNO5/c1-26-17-10-9-15(12-16(17)21)19(20(24)25)22-18(23)8-5-11-27-13-14-6-3-2-4-7-14/h2-4,6-7,9-10,12,19H,5,8,11,13H2,1H3,(H,22,23)(H,24,25). The fourth-order valence-corrected chi connectivity index (χ4v) is 2.75. The van der Waals surface area contributed by atoms with Crippen LogP contribution in [0, 0.1) is 0 Å². The normalized spacial score (nSPS) is 11.6. The zero-order valence-corrected chi connectivity index (χ0v) is 15.7. The molecule has 2 aromatic carbocycles. The molecule has 1 amide bonds. The third kappa shape index (κ3) is 6.58. The summed E-state index contributed by atoms with van der Waals surface area (Å²) in [5.74, 6) is -1.09. The van der Waals surface area contributed by atoms with Crippen molar-refractivity contribution in [3.63, 3.8) is 0 Å². The topological polar surface area (TPSA) is 84.9 Å². The van der Waals surface area contributed by atoms with Gasteiger partial charge >= 0.3 is 5.97 Å². The maximum absolute atomic E-state index is 12.1. The Labute approximate surface area is 163 Å². The monoisotopic (exact) mass is 391 g/mol. The molecular formula is C20H22ClNO5. The predicted molar refractivity (Wildman–Crippen MR) is 102 cm³/mol. The minimum Gasteiger partial charge on any atom is -0.495 e. The smallest absolute Gasteiger partial charge is 0.330 e. The third-order valence-electron chi connectivity index (χ3n) is 3.87. The fraction of sp³-hybridized carbons (Fsp3) is 0.300. The molecule has 0 heterocycles. The number of carbonyl (C=O) groups is 2. The Balaban J connectivity index is 1.81. The van der Waals surface area contributed by atoms with Crippen molar-refractivity contribution in [3.05, 3.63) is 64.7 Å². The summed E-state index contributed by atoms with van der Waals surface area (Å²) in [7, 11) is 1.47. The number of methoxy groups -OCH3 is 1.